The van der Waals surface area contributed by atoms with E-state index in [1.807, 2.05) is 79.2 Å². The number of hydrogen-bond donors (Lipinski definition) is 3. The van der Waals surface area contributed by atoms with Gasteiger partial charge >= 0.3 is 6.09 Å². The minimum Gasteiger partial charge on any atom is -0.453 e. The van der Waals surface area contributed by atoms with E-state index in [1.165, 1.54) is 7.11 Å². The minimum atomic E-state index is -0.695. The number of rotatable bonds is 10. The van der Waals surface area contributed by atoms with Crippen molar-refractivity contribution < 1.29 is 19.1 Å². The van der Waals surface area contributed by atoms with Crippen LogP contribution in [0.3, 0.4) is 0 Å². The molecule has 12 nitrogen and oxygen atoms in total. The van der Waals surface area contributed by atoms with Gasteiger partial charge in [-0.25, -0.2) is 14.8 Å². The second-order valence-electron chi connectivity index (χ2n) is 17.1. The molecule has 4 aromatic carbocycles. The van der Waals surface area contributed by atoms with Crippen molar-refractivity contribution in [2.75, 3.05) is 34.3 Å². The Kier molecular flexibility index (Phi) is 11.0. The number of likely N-dealkylation sites (tertiary alicyclic amines) is 2. The number of ether oxygens (including phenoxy) is 1. The highest BCUT2D eigenvalue weighted by atomic mass is 16.5. The number of carbonyl (C=O) groups excluding carboxylic acids is 3. The number of benzene rings is 4. The normalized spacial score (nSPS) is 20.5. The molecule has 0 aliphatic carbocycles. The molecular formula is C47H54N8O4. The van der Waals surface area contributed by atoms with Crippen molar-refractivity contribution in [3.05, 3.63) is 108 Å². The fraction of sp³-hybridized carbons (Fsp3) is 0.383. The van der Waals surface area contributed by atoms with E-state index in [4.69, 9.17) is 14.7 Å². The Morgan fingerprint density at radius 2 is 1.39 bits per heavy atom. The molecule has 3 N–H and O–H groups in total. The molecule has 2 saturated heterocycles. The lowest BCUT2D eigenvalue weighted by Gasteiger charge is -2.31. The molecule has 0 bridgehead atoms. The molecule has 0 saturated carbocycles. The van der Waals surface area contributed by atoms with Gasteiger partial charge in [0.25, 0.3) is 0 Å². The van der Waals surface area contributed by atoms with Crippen molar-refractivity contribution in [3.63, 3.8) is 0 Å². The highest BCUT2D eigenvalue weighted by molar-refractivity contribution is 5.92. The van der Waals surface area contributed by atoms with Gasteiger partial charge in [0.05, 0.1) is 42.1 Å². The average Bonchev–Trinajstić information content (AvgIpc) is 4.04. The number of fused-ring (bicyclic) bond motifs is 2. The Bertz CT molecular complexity index is 2490. The molecule has 6 aromatic rings. The van der Waals surface area contributed by atoms with Crippen LogP contribution in [-0.4, -0.2) is 92.9 Å². The number of carbonyl (C=O) groups is 3. The number of aromatic amines is 2. The van der Waals surface area contributed by atoms with Crippen LogP contribution in [0.5, 0.6) is 0 Å². The summed E-state index contributed by atoms with van der Waals surface area (Å²) in [5, 5.41) is 4.93. The quantitative estimate of drug-likeness (QED) is 0.127. The minimum absolute atomic E-state index is 0.0946. The highest BCUT2D eigenvalue weighted by Gasteiger charge is 2.41. The maximum absolute atomic E-state index is 14.2. The fourth-order valence-electron chi connectivity index (χ4n) is 9.04. The van der Waals surface area contributed by atoms with Gasteiger partial charge in [-0.15, -0.1) is 0 Å². The predicted molar refractivity (Wildman–Crippen MR) is 230 cm³/mol. The maximum Gasteiger partial charge on any atom is 0.407 e. The van der Waals surface area contributed by atoms with Crippen LogP contribution >= 0.6 is 0 Å². The molecule has 2 aliphatic rings. The Hall–Kier alpha value is -6.01. The molecule has 306 valence electrons. The Labute approximate surface area is 345 Å². The third-order valence-electron chi connectivity index (χ3n) is 12.1. The van der Waals surface area contributed by atoms with Gasteiger partial charge < -0.3 is 29.8 Å². The molecule has 6 atom stereocenters. The largest absolute Gasteiger partial charge is 0.453 e. The summed E-state index contributed by atoms with van der Waals surface area (Å²) in [4.78, 5) is 62.7. The number of hydrogen-bond acceptors (Lipinski definition) is 7. The second kappa shape index (κ2) is 16.3. The van der Waals surface area contributed by atoms with Crippen molar-refractivity contribution >= 4 is 39.7 Å². The second-order valence-corrected chi connectivity index (χ2v) is 17.1. The van der Waals surface area contributed by atoms with Crippen LogP contribution < -0.4 is 5.32 Å². The lowest BCUT2D eigenvalue weighted by molar-refractivity contribution is -0.137. The SMILES string of the molecule is COC(=O)N[C@H](C(=O)N1C[C@@H](C)C[C@H]1c1ncc(-c2ccc3cc(-c4ccc5nc([C@@H]6C[C@H](C)CN6C(=O)[C@@H](c6ccccc6)N(C)C)[nH]c5c4)ccc3c2)[nH]1)C(C)C. The van der Waals surface area contributed by atoms with Crippen LogP contribution in [0.2, 0.25) is 0 Å². The summed E-state index contributed by atoms with van der Waals surface area (Å²) in [5.41, 5.74) is 6.86. The fourth-order valence-corrected chi connectivity index (χ4v) is 9.04. The van der Waals surface area contributed by atoms with Crippen LogP contribution in [0.15, 0.2) is 91.1 Å². The van der Waals surface area contributed by atoms with Gasteiger partial charge in [-0.2, -0.15) is 0 Å². The summed E-state index contributed by atoms with van der Waals surface area (Å²) in [7, 11) is 5.22. The molecule has 3 amide bonds. The van der Waals surface area contributed by atoms with Gasteiger partial charge in [0.15, 0.2) is 0 Å². The third-order valence-corrected chi connectivity index (χ3v) is 12.1. The standard InChI is InChI=1S/C47H54N8O4/c1-27(2)41(52-47(58)59-7)45(56)54-25-28(3)19-39(54)43-48-24-38(51-43)35-16-15-31-21-32(13-14-33(31)22-35)34-17-18-36-37(23-34)50-44(49-36)40-20-29(4)26-55(40)46(57)42(53(5)6)30-11-9-8-10-12-30/h8-18,21-24,27-29,39-42H,19-20,25-26H2,1-7H3,(H,48,51)(H,49,50)(H,52,58)/t28-,29-,39-,40-,41-,42+/m0/s1. The van der Waals surface area contributed by atoms with E-state index < -0.39 is 12.1 Å². The first-order valence-electron chi connectivity index (χ1n) is 20.6. The van der Waals surface area contributed by atoms with Gasteiger partial charge in [0.1, 0.15) is 23.7 Å². The first-order chi connectivity index (χ1) is 28.4. The van der Waals surface area contributed by atoms with E-state index in [2.05, 4.69) is 83.7 Å². The van der Waals surface area contributed by atoms with Crippen LogP contribution in [0.4, 0.5) is 4.79 Å². The first-order valence-corrected chi connectivity index (χ1v) is 20.6. The van der Waals surface area contributed by atoms with E-state index in [0.29, 0.717) is 19.0 Å². The van der Waals surface area contributed by atoms with Gasteiger partial charge in [-0.05, 0) is 96.4 Å². The zero-order valence-electron chi connectivity index (χ0n) is 34.9. The summed E-state index contributed by atoms with van der Waals surface area (Å²) < 4.78 is 4.80. The lowest BCUT2D eigenvalue weighted by Crippen LogP contribution is -2.51. The molecule has 2 aliphatic heterocycles. The molecule has 8 rings (SSSR count). The monoisotopic (exact) mass is 794 g/mol. The molecule has 0 unspecified atom stereocenters. The topological polar surface area (TPSA) is 140 Å². The molecule has 0 radical (unpaired) electrons. The molecular weight excluding hydrogens is 741 g/mol. The number of H-pyrrole nitrogens is 2. The van der Waals surface area contributed by atoms with Gasteiger partial charge in [-0.1, -0.05) is 88.4 Å². The summed E-state index contributed by atoms with van der Waals surface area (Å²) in [6.45, 7) is 9.44. The molecule has 59 heavy (non-hydrogen) atoms. The predicted octanol–water partition coefficient (Wildman–Crippen LogP) is 8.28. The number of aromatic nitrogens is 4. The first kappa shape index (κ1) is 39.8. The maximum atomic E-state index is 14.2. The molecule has 12 heteroatoms. The van der Waals surface area contributed by atoms with E-state index in [9.17, 15) is 14.4 Å². The summed E-state index contributed by atoms with van der Waals surface area (Å²) in [5.74, 6) is 2.05. The van der Waals surface area contributed by atoms with E-state index in [-0.39, 0.29) is 41.8 Å². The number of imidazole rings is 2. The smallest absolute Gasteiger partial charge is 0.407 e. The van der Waals surface area contributed by atoms with Crippen LogP contribution in [-0.2, 0) is 14.3 Å². The zero-order valence-corrected chi connectivity index (χ0v) is 34.9. The number of likely N-dealkylation sites (N-methyl/N-ethyl adjacent to an activating group) is 1. The van der Waals surface area contributed by atoms with Gasteiger partial charge in [0, 0.05) is 18.7 Å². The number of nitrogens with one attached hydrogen (secondary N) is 3. The van der Waals surface area contributed by atoms with E-state index in [1.54, 1.807) is 0 Å². The third kappa shape index (κ3) is 7.93. The van der Waals surface area contributed by atoms with Crippen molar-refractivity contribution in [3.8, 4) is 22.4 Å². The van der Waals surface area contributed by atoms with Crippen LogP contribution in [0.25, 0.3) is 44.2 Å². The van der Waals surface area contributed by atoms with Crippen molar-refractivity contribution in [1.29, 1.82) is 0 Å². The number of amides is 3. The van der Waals surface area contributed by atoms with E-state index in [0.717, 1.165) is 74.2 Å². The van der Waals surface area contributed by atoms with Crippen molar-refractivity contribution in [2.24, 2.45) is 17.8 Å². The molecule has 0 spiro atoms. The lowest BCUT2D eigenvalue weighted by atomic mass is 9.99. The Morgan fingerprint density at radius 3 is 2.05 bits per heavy atom. The molecule has 2 aromatic heterocycles. The van der Waals surface area contributed by atoms with Crippen molar-refractivity contribution in [2.45, 2.75) is 64.7 Å². The summed E-state index contributed by atoms with van der Waals surface area (Å²) in [6.07, 6.45) is 2.85. The van der Waals surface area contributed by atoms with Crippen LogP contribution in [0, 0.1) is 17.8 Å². The Balaban J connectivity index is 1.00. The molecule has 2 fully saturated rings. The number of nitrogens with zero attached hydrogens (tertiary/aromatic N) is 5. The number of alkyl carbamates (subject to hydrolysis) is 1. The van der Waals surface area contributed by atoms with Gasteiger partial charge in [0.2, 0.25) is 11.8 Å². The highest BCUT2D eigenvalue weighted by Crippen LogP contribution is 2.39. The summed E-state index contributed by atoms with van der Waals surface area (Å²) >= 11 is 0. The van der Waals surface area contributed by atoms with Crippen molar-refractivity contribution in [1.82, 2.24) is 40.0 Å². The zero-order chi connectivity index (χ0) is 41.5. The van der Waals surface area contributed by atoms with E-state index >= 15 is 0 Å². The summed E-state index contributed by atoms with van der Waals surface area (Å²) in [6, 6.07) is 27.8. The van der Waals surface area contributed by atoms with Crippen LogP contribution in [0.1, 0.15) is 75.9 Å². The molecule has 4 heterocycles. The number of methoxy groups -OCH3 is 1. The van der Waals surface area contributed by atoms with Gasteiger partial charge in [-0.3, -0.25) is 14.5 Å². The Morgan fingerprint density at radius 1 is 0.780 bits per heavy atom. The average molecular weight is 795 g/mol.